The molecule has 3 atom stereocenters. The van der Waals surface area contributed by atoms with Crippen LogP contribution in [-0.4, -0.2) is 33.3 Å². The second-order valence-electron chi connectivity index (χ2n) is 10.3. The van der Waals surface area contributed by atoms with Crippen LogP contribution in [0.3, 0.4) is 0 Å². The van der Waals surface area contributed by atoms with Crippen LogP contribution in [-0.2, 0) is 24.4 Å². The van der Waals surface area contributed by atoms with Crippen LogP contribution in [0.4, 0.5) is 4.39 Å². The number of aliphatic hydroxyl groups is 1. The second-order valence-corrected chi connectivity index (χ2v) is 10.7. The van der Waals surface area contributed by atoms with Crippen LogP contribution >= 0.6 is 11.6 Å². The number of aliphatic hydroxyl groups excluding tert-OH is 1. The molecule has 3 aromatic carbocycles. The van der Waals surface area contributed by atoms with Gasteiger partial charge >= 0.3 is 5.97 Å². The number of carboxylic acid groups (broad SMARTS) is 1. The minimum absolute atomic E-state index is 0.0337. The maximum atomic E-state index is 14.6. The summed E-state index contributed by atoms with van der Waals surface area (Å²) < 4.78 is 27.2. The Kier molecular flexibility index (Phi) is 9.22. The molecule has 0 aliphatic heterocycles. The predicted octanol–water partition coefficient (Wildman–Crippen LogP) is 5.98. The number of aliphatic carboxylic acids is 1. The summed E-state index contributed by atoms with van der Waals surface area (Å²) in [5, 5.41) is 31.7. The largest absolute Gasteiger partial charge is 0.488 e. The summed E-state index contributed by atoms with van der Waals surface area (Å²) in [7, 11) is 0. The molecular formula is C33H29ClFN3O5. The lowest BCUT2D eigenvalue weighted by Gasteiger charge is -2.21. The van der Waals surface area contributed by atoms with Gasteiger partial charge in [-0.15, -0.1) is 0 Å². The molecule has 5 rings (SSSR count). The van der Waals surface area contributed by atoms with Gasteiger partial charge in [0.15, 0.2) is 0 Å². The van der Waals surface area contributed by atoms with Gasteiger partial charge in [0.1, 0.15) is 42.1 Å². The number of ether oxygens (including phenoxy) is 2. The van der Waals surface area contributed by atoms with Crippen molar-refractivity contribution in [3.8, 4) is 28.7 Å². The Hall–Kier alpha value is -4.49. The number of carbonyl (C=O) groups is 1. The fourth-order valence-electron chi connectivity index (χ4n) is 5.24. The highest BCUT2D eigenvalue weighted by Crippen LogP contribution is 2.43. The van der Waals surface area contributed by atoms with E-state index in [1.54, 1.807) is 36.5 Å². The summed E-state index contributed by atoms with van der Waals surface area (Å²) in [6.45, 7) is 1.50. The van der Waals surface area contributed by atoms with Crippen molar-refractivity contribution in [3.63, 3.8) is 0 Å². The standard InChI is InChI=1S/C33H29ClFN3O5/c1-19(39)32(33(40)41)38-17-22-12-27(34)31(13-30(22)42-18-21-11-20(14-36)15-37-16-21)43-29-10-9-24-23(6-4-7-26(24)29)25-5-2-3-8-28(25)35/h2-8,11-13,15-16,19,29,32,38-39H,9-10,17-18H2,1H3,(H,40,41)/t19-,29-,32?/m0/s1. The van der Waals surface area contributed by atoms with Crippen molar-refractivity contribution in [3.05, 3.63) is 112 Å². The average Bonchev–Trinajstić information content (AvgIpc) is 3.40. The predicted molar refractivity (Wildman–Crippen MR) is 158 cm³/mol. The summed E-state index contributed by atoms with van der Waals surface area (Å²) in [5.41, 5.74) is 4.93. The maximum Gasteiger partial charge on any atom is 0.323 e. The van der Waals surface area contributed by atoms with E-state index in [0.717, 1.165) is 16.7 Å². The van der Waals surface area contributed by atoms with Gasteiger partial charge in [-0.3, -0.25) is 15.1 Å². The van der Waals surface area contributed by atoms with E-state index >= 15 is 0 Å². The Bertz CT molecular complexity index is 1690. The average molecular weight is 602 g/mol. The third kappa shape index (κ3) is 6.78. The van der Waals surface area contributed by atoms with Crippen LogP contribution in [0.5, 0.6) is 11.5 Å². The third-order valence-corrected chi connectivity index (χ3v) is 7.64. The molecule has 4 aromatic rings. The molecule has 8 nitrogen and oxygen atoms in total. The van der Waals surface area contributed by atoms with Crippen LogP contribution in [0.25, 0.3) is 11.1 Å². The summed E-state index contributed by atoms with van der Waals surface area (Å²) in [4.78, 5) is 15.7. The molecule has 220 valence electrons. The van der Waals surface area contributed by atoms with E-state index in [9.17, 15) is 24.7 Å². The van der Waals surface area contributed by atoms with Gasteiger partial charge in [-0.05, 0) is 54.7 Å². The molecule has 0 radical (unpaired) electrons. The first kappa shape index (κ1) is 30.0. The number of rotatable bonds is 11. The van der Waals surface area contributed by atoms with E-state index in [4.69, 9.17) is 21.1 Å². The molecular weight excluding hydrogens is 573 g/mol. The van der Waals surface area contributed by atoms with Gasteiger partial charge < -0.3 is 19.7 Å². The number of nitrogens with one attached hydrogen (secondary N) is 1. The monoisotopic (exact) mass is 601 g/mol. The lowest BCUT2D eigenvalue weighted by Crippen LogP contribution is -2.44. The molecule has 1 unspecified atom stereocenters. The zero-order valence-corrected chi connectivity index (χ0v) is 24.0. The zero-order valence-electron chi connectivity index (χ0n) is 23.3. The Morgan fingerprint density at radius 3 is 2.70 bits per heavy atom. The van der Waals surface area contributed by atoms with Gasteiger partial charge in [0, 0.05) is 41.7 Å². The van der Waals surface area contributed by atoms with Crippen LogP contribution in [0, 0.1) is 17.1 Å². The molecule has 1 heterocycles. The highest BCUT2D eigenvalue weighted by atomic mass is 35.5. The lowest BCUT2D eigenvalue weighted by atomic mass is 9.96. The van der Waals surface area contributed by atoms with Crippen molar-refractivity contribution in [2.45, 2.75) is 51.2 Å². The molecule has 1 aliphatic carbocycles. The number of fused-ring (bicyclic) bond motifs is 1. The Labute approximate surface area is 253 Å². The Morgan fingerprint density at radius 1 is 1.16 bits per heavy atom. The van der Waals surface area contributed by atoms with E-state index in [2.05, 4.69) is 10.3 Å². The first-order valence-electron chi connectivity index (χ1n) is 13.7. The number of nitriles is 1. The second kappa shape index (κ2) is 13.2. The van der Waals surface area contributed by atoms with Crippen molar-refractivity contribution in [1.29, 1.82) is 5.26 Å². The number of carboxylic acids is 1. The Morgan fingerprint density at radius 2 is 1.95 bits per heavy atom. The van der Waals surface area contributed by atoms with E-state index in [1.165, 1.54) is 19.2 Å². The van der Waals surface area contributed by atoms with Crippen LogP contribution in [0.1, 0.15) is 47.3 Å². The number of benzene rings is 3. The van der Waals surface area contributed by atoms with Crippen molar-refractivity contribution in [1.82, 2.24) is 10.3 Å². The fourth-order valence-corrected chi connectivity index (χ4v) is 5.47. The molecule has 10 heteroatoms. The van der Waals surface area contributed by atoms with Crippen molar-refractivity contribution >= 4 is 17.6 Å². The highest BCUT2D eigenvalue weighted by molar-refractivity contribution is 6.32. The SMILES string of the molecule is C[C@H](O)C(NCc1cc(Cl)c(O[C@H]2CCc3c(-c4ccccc4F)cccc32)cc1OCc1cncc(C#N)c1)C(=O)O. The van der Waals surface area contributed by atoms with Gasteiger partial charge in [-0.25, -0.2) is 4.39 Å². The van der Waals surface area contributed by atoms with Crippen LogP contribution in [0.2, 0.25) is 5.02 Å². The number of hydrogen-bond donors (Lipinski definition) is 3. The summed E-state index contributed by atoms with van der Waals surface area (Å²) in [6.07, 6.45) is 2.92. The van der Waals surface area contributed by atoms with Crippen molar-refractivity contribution in [2.24, 2.45) is 0 Å². The minimum atomic E-state index is -1.21. The molecule has 0 amide bonds. The van der Waals surface area contributed by atoms with Gasteiger partial charge in [0.2, 0.25) is 0 Å². The minimum Gasteiger partial charge on any atom is -0.488 e. The Balaban J connectivity index is 1.43. The number of nitrogens with zero attached hydrogens (tertiary/aromatic N) is 2. The smallest absolute Gasteiger partial charge is 0.323 e. The van der Waals surface area contributed by atoms with E-state index in [0.29, 0.717) is 51.6 Å². The molecule has 0 bridgehead atoms. The quantitative estimate of drug-likeness (QED) is 0.192. The third-order valence-electron chi connectivity index (χ3n) is 7.34. The summed E-state index contributed by atoms with van der Waals surface area (Å²) >= 11 is 6.68. The van der Waals surface area contributed by atoms with Crippen molar-refractivity contribution < 1.29 is 28.9 Å². The fraction of sp³-hybridized carbons (Fsp3) is 0.242. The number of aromatic nitrogens is 1. The number of pyridine rings is 1. The molecule has 1 aromatic heterocycles. The molecule has 43 heavy (non-hydrogen) atoms. The van der Waals surface area contributed by atoms with Crippen LogP contribution < -0.4 is 14.8 Å². The molecule has 0 spiro atoms. The highest BCUT2D eigenvalue weighted by Gasteiger charge is 2.29. The van der Waals surface area contributed by atoms with Crippen molar-refractivity contribution in [2.75, 3.05) is 0 Å². The summed E-state index contributed by atoms with van der Waals surface area (Å²) in [5.74, 6) is -0.741. The van der Waals surface area contributed by atoms with Crippen LogP contribution in [0.15, 0.2) is 73.1 Å². The molecule has 0 fully saturated rings. The topological polar surface area (TPSA) is 125 Å². The lowest BCUT2D eigenvalue weighted by molar-refractivity contribution is -0.142. The maximum absolute atomic E-state index is 14.6. The van der Waals surface area contributed by atoms with E-state index in [1.807, 2.05) is 30.3 Å². The molecule has 3 N–H and O–H groups in total. The van der Waals surface area contributed by atoms with E-state index in [-0.39, 0.29) is 25.1 Å². The van der Waals surface area contributed by atoms with Gasteiger partial charge in [-0.2, -0.15) is 5.26 Å². The normalized spacial score (nSPS) is 15.3. The molecule has 1 aliphatic rings. The zero-order chi connectivity index (χ0) is 30.5. The first-order chi connectivity index (χ1) is 20.7. The number of halogens is 2. The number of hydrogen-bond acceptors (Lipinski definition) is 7. The van der Waals surface area contributed by atoms with Gasteiger partial charge in [0.05, 0.1) is 16.7 Å². The van der Waals surface area contributed by atoms with Gasteiger partial charge in [0.25, 0.3) is 0 Å². The molecule has 0 saturated carbocycles. The first-order valence-corrected chi connectivity index (χ1v) is 14.1. The van der Waals surface area contributed by atoms with Gasteiger partial charge in [-0.1, -0.05) is 48.0 Å². The molecule has 0 saturated heterocycles. The van der Waals surface area contributed by atoms with E-state index < -0.39 is 18.1 Å². The summed E-state index contributed by atoms with van der Waals surface area (Å²) in [6, 6.07) is 18.2.